The fraction of sp³-hybridized carbons (Fsp3) is 0.111. The molecule has 142 valence electrons. The van der Waals surface area contributed by atoms with Gasteiger partial charge in [-0.1, -0.05) is 23.7 Å². The first-order valence-electron chi connectivity index (χ1n) is 7.56. The molecule has 0 aliphatic rings. The largest absolute Gasteiger partial charge is 0.493 e. The second-order valence-corrected chi connectivity index (χ2v) is 5.51. The summed E-state index contributed by atoms with van der Waals surface area (Å²) in [6.45, 7) is -2.98. The van der Waals surface area contributed by atoms with Gasteiger partial charge in [-0.2, -0.15) is 8.78 Å². The summed E-state index contributed by atoms with van der Waals surface area (Å²) in [5.74, 6) is -1.17. The van der Waals surface area contributed by atoms with Crippen LogP contribution < -0.4 is 20.3 Å². The molecule has 0 bridgehead atoms. The first-order valence-corrected chi connectivity index (χ1v) is 7.93. The molecule has 0 aromatic heterocycles. The van der Waals surface area contributed by atoms with E-state index < -0.39 is 18.4 Å². The highest BCUT2D eigenvalue weighted by molar-refractivity contribution is 6.30. The molecule has 0 spiro atoms. The normalized spacial score (nSPS) is 10.7. The molecular weight excluding hydrogens is 382 g/mol. The maximum Gasteiger partial charge on any atom is 0.387 e. The van der Waals surface area contributed by atoms with Gasteiger partial charge in [0.15, 0.2) is 11.5 Å². The molecule has 2 aromatic carbocycles. The molecule has 6 nitrogen and oxygen atoms in total. The molecular formula is C18H15ClF2N2O4. The van der Waals surface area contributed by atoms with Crippen LogP contribution in [-0.4, -0.2) is 25.5 Å². The number of halogens is 3. The molecule has 0 heterocycles. The van der Waals surface area contributed by atoms with E-state index in [2.05, 4.69) is 15.6 Å². The van der Waals surface area contributed by atoms with E-state index in [1.807, 2.05) is 0 Å². The van der Waals surface area contributed by atoms with Crippen LogP contribution in [-0.2, 0) is 4.79 Å². The van der Waals surface area contributed by atoms with Crippen LogP contribution in [0, 0.1) is 0 Å². The van der Waals surface area contributed by atoms with Gasteiger partial charge in [-0.15, -0.1) is 0 Å². The van der Waals surface area contributed by atoms with E-state index in [1.54, 1.807) is 18.2 Å². The summed E-state index contributed by atoms with van der Waals surface area (Å²) in [6.07, 6.45) is 2.57. The topological polar surface area (TPSA) is 76.7 Å². The minimum Gasteiger partial charge on any atom is -0.493 e. The molecule has 2 N–H and O–H groups in total. The quantitative estimate of drug-likeness (QED) is 0.579. The van der Waals surface area contributed by atoms with Crippen LogP contribution in [0.4, 0.5) is 8.78 Å². The molecule has 0 aliphatic carbocycles. The zero-order valence-corrected chi connectivity index (χ0v) is 14.8. The number of methoxy groups -OCH3 is 1. The molecule has 2 amide bonds. The number of carbonyl (C=O) groups excluding carboxylic acids is 2. The van der Waals surface area contributed by atoms with Crippen molar-refractivity contribution in [1.29, 1.82) is 0 Å². The third-order valence-corrected chi connectivity index (χ3v) is 3.45. The molecule has 0 saturated heterocycles. The molecule has 0 aliphatic heterocycles. The Morgan fingerprint density at radius 3 is 2.56 bits per heavy atom. The zero-order valence-electron chi connectivity index (χ0n) is 14.0. The first kappa shape index (κ1) is 20.2. The fourth-order valence-corrected chi connectivity index (χ4v) is 2.21. The van der Waals surface area contributed by atoms with Gasteiger partial charge in [-0.05, 0) is 42.0 Å². The monoisotopic (exact) mass is 396 g/mol. The molecule has 0 unspecified atom stereocenters. The highest BCUT2D eigenvalue weighted by Gasteiger charge is 2.10. The molecule has 0 radical (unpaired) electrons. The number of alkyl halides is 2. The number of amides is 2. The fourth-order valence-electron chi connectivity index (χ4n) is 2.02. The lowest BCUT2D eigenvalue weighted by atomic mass is 10.2. The lowest BCUT2D eigenvalue weighted by Crippen LogP contribution is -2.40. The van der Waals surface area contributed by atoms with Gasteiger partial charge >= 0.3 is 6.61 Å². The maximum atomic E-state index is 12.3. The SMILES string of the molecule is COc1cc(C=CC(=O)NNC(=O)c2cccc(Cl)c2)ccc1OC(F)F. The van der Waals surface area contributed by atoms with Gasteiger partial charge in [0.25, 0.3) is 11.8 Å². The average molecular weight is 397 g/mol. The highest BCUT2D eigenvalue weighted by atomic mass is 35.5. The van der Waals surface area contributed by atoms with E-state index in [9.17, 15) is 18.4 Å². The Kier molecular flexibility index (Phi) is 7.13. The van der Waals surface area contributed by atoms with Gasteiger partial charge in [0.1, 0.15) is 0 Å². The second kappa shape index (κ2) is 9.54. The Morgan fingerprint density at radius 1 is 1.11 bits per heavy atom. The summed E-state index contributed by atoms with van der Waals surface area (Å²) < 4.78 is 33.9. The van der Waals surface area contributed by atoms with Crippen molar-refractivity contribution >= 4 is 29.5 Å². The van der Waals surface area contributed by atoms with Crippen molar-refractivity contribution in [3.05, 3.63) is 64.7 Å². The Morgan fingerprint density at radius 2 is 1.89 bits per heavy atom. The van der Waals surface area contributed by atoms with Gasteiger partial charge in [-0.3, -0.25) is 20.4 Å². The lowest BCUT2D eigenvalue weighted by molar-refractivity contribution is -0.117. The van der Waals surface area contributed by atoms with Crippen molar-refractivity contribution < 1.29 is 27.8 Å². The Hall–Kier alpha value is -3.13. The van der Waals surface area contributed by atoms with Crippen LogP contribution in [0.3, 0.4) is 0 Å². The number of nitrogens with one attached hydrogen (secondary N) is 2. The van der Waals surface area contributed by atoms with E-state index in [0.29, 0.717) is 10.6 Å². The predicted molar refractivity (Wildman–Crippen MR) is 95.7 cm³/mol. The average Bonchev–Trinajstić information content (AvgIpc) is 2.64. The third-order valence-electron chi connectivity index (χ3n) is 3.22. The maximum absolute atomic E-state index is 12.3. The van der Waals surface area contributed by atoms with Crippen LogP contribution in [0.1, 0.15) is 15.9 Å². The van der Waals surface area contributed by atoms with E-state index in [0.717, 1.165) is 6.08 Å². The van der Waals surface area contributed by atoms with Crippen LogP contribution >= 0.6 is 11.6 Å². The van der Waals surface area contributed by atoms with Crippen molar-refractivity contribution in [3.63, 3.8) is 0 Å². The van der Waals surface area contributed by atoms with Crippen LogP contribution in [0.25, 0.3) is 6.08 Å². The number of carbonyl (C=O) groups is 2. The molecule has 27 heavy (non-hydrogen) atoms. The van der Waals surface area contributed by atoms with Crippen molar-refractivity contribution in [1.82, 2.24) is 10.9 Å². The van der Waals surface area contributed by atoms with Gasteiger partial charge in [0.2, 0.25) is 0 Å². The van der Waals surface area contributed by atoms with Gasteiger partial charge in [-0.25, -0.2) is 0 Å². The smallest absolute Gasteiger partial charge is 0.387 e. The third kappa shape index (κ3) is 6.27. The summed E-state index contributed by atoms with van der Waals surface area (Å²) >= 11 is 5.79. The molecule has 0 atom stereocenters. The Bertz CT molecular complexity index is 859. The number of hydrazine groups is 1. The van der Waals surface area contributed by atoms with Crippen molar-refractivity contribution in [2.24, 2.45) is 0 Å². The molecule has 0 fully saturated rings. The minimum atomic E-state index is -2.98. The molecule has 9 heteroatoms. The second-order valence-electron chi connectivity index (χ2n) is 5.08. The number of ether oxygens (including phenoxy) is 2. The summed E-state index contributed by atoms with van der Waals surface area (Å²) in [5, 5.41) is 0.391. The molecule has 0 saturated carbocycles. The first-order chi connectivity index (χ1) is 12.9. The zero-order chi connectivity index (χ0) is 19.8. The summed E-state index contributed by atoms with van der Waals surface area (Å²) in [5.41, 5.74) is 5.24. The molecule has 2 rings (SSSR count). The van der Waals surface area contributed by atoms with E-state index in [1.165, 1.54) is 37.5 Å². The summed E-state index contributed by atoms with van der Waals surface area (Å²) in [4.78, 5) is 23.7. The standard InChI is InChI=1S/C18H15ClF2N2O4/c1-26-15-9-11(5-7-14(15)27-18(20)21)6-8-16(24)22-23-17(25)12-3-2-4-13(19)10-12/h2-10,18H,1H3,(H,22,24)(H,23,25). The van der Waals surface area contributed by atoms with Crippen molar-refractivity contribution in [3.8, 4) is 11.5 Å². The van der Waals surface area contributed by atoms with Crippen molar-refractivity contribution in [2.75, 3.05) is 7.11 Å². The Labute approximate surface area is 158 Å². The number of benzene rings is 2. The number of rotatable bonds is 6. The molecule has 2 aromatic rings. The van der Waals surface area contributed by atoms with E-state index in [-0.39, 0.29) is 17.1 Å². The number of hydrogen-bond donors (Lipinski definition) is 2. The highest BCUT2D eigenvalue weighted by Crippen LogP contribution is 2.29. The van der Waals surface area contributed by atoms with Gasteiger partial charge in [0, 0.05) is 16.7 Å². The van der Waals surface area contributed by atoms with Crippen LogP contribution in [0.2, 0.25) is 5.02 Å². The summed E-state index contributed by atoms with van der Waals surface area (Å²) in [6, 6.07) is 10.4. The van der Waals surface area contributed by atoms with E-state index in [4.69, 9.17) is 16.3 Å². The lowest BCUT2D eigenvalue weighted by Gasteiger charge is -2.10. The van der Waals surface area contributed by atoms with Crippen molar-refractivity contribution in [2.45, 2.75) is 6.61 Å². The predicted octanol–water partition coefficient (Wildman–Crippen LogP) is 3.42. The van der Waals surface area contributed by atoms with Gasteiger partial charge in [0.05, 0.1) is 7.11 Å². The van der Waals surface area contributed by atoms with E-state index >= 15 is 0 Å². The minimum absolute atomic E-state index is 0.0899. The summed E-state index contributed by atoms with van der Waals surface area (Å²) in [7, 11) is 1.30. The Balaban J connectivity index is 1.95. The van der Waals surface area contributed by atoms with Crippen LogP contribution in [0.5, 0.6) is 11.5 Å². The number of hydrogen-bond acceptors (Lipinski definition) is 4. The van der Waals surface area contributed by atoms with Gasteiger partial charge < -0.3 is 9.47 Å². The van der Waals surface area contributed by atoms with Crippen LogP contribution in [0.15, 0.2) is 48.5 Å².